The van der Waals surface area contributed by atoms with E-state index < -0.39 is 11.8 Å². The summed E-state index contributed by atoms with van der Waals surface area (Å²) < 4.78 is 10.8. The first-order valence-electron chi connectivity index (χ1n) is 10.5. The number of imide groups is 1. The fraction of sp³-hybridized carbons (Fsp3) is 0.154. The lowest BCUT2D eigenvalue weighted by Gasteiger charge is -2.16. The molecular weight excluding hydrogens is 440 g/mol. The Balaban J connectivity index is 1.65. The molecule has 3 aromatic carbocycles. The fourth-order valence-corrected chi connectivity index (χ4v) is 4.30. The van der Waals surface area contributed by atoms with Crippen molar-refractivity contribution in [2.24, 2.45) is 0 Å². The Morgan fingerprint density at radius 1 is 0.909 bits per heavy atom. The van der Waals surface area contributed by atoms with E-state index in [1.165, 1.54) is 4.90 Å². The van der Waals surface area contributed by atoms with E-state index in [2.05, 4.69) is 5.32 Å². The van der Waals surface area contributed by atoms with Crippen molar-refractivity contribution in [1.82, 2.24) is 0 Å². The molecule has 0 aromatic heterocycles. The third-order valence-corrected chi connectivity index (χ3v) is 6.29. The Labute approximate surface area is 196 Å². The largest absolute Gasteiger partial charge is 0.454 e. The van der Waals surface area contributed by atoms with Crippen LogP contribution in [0.5, 0.6) is 11.5 Å². The molecule has 0 saturated carbocycles. The minimum absolute atomic E-state index is 0.105. The molecule has 7 heteroatoms. The zero-order valence-electron chi connectivity index (χ0n) is 18.4. The zero-order chi connectivity index (χ0) is 23.3. The smallest absolute Gasteiger partial charge is 0.282 e. The summed E-state index contributed by atoms with van der Waals surface area (Å²) in [4.78, 5) is 28.5. The van der Waals surface area contributed by atoms with Crippen molar-refractivity contribution in [3.8, 4) is 11.5 Å². The lowest BCUT2D eigenvalue weighted by Crippen LogP contribution is -2.32. The normalized spacial score (nSPS) is 15.0. The van der Waals surface area contributed by atoms with Gasteiger partial charge in [-0.2, -0.15) is 0 Å². The first-order valence-corrected chi connectivity index (χ1v) is 10.9. The molecule has 1 N–H and O–H groups in total. The first kappa shape index (κ1) is 21.1. The molecule has 0 aliphatic carbocycles. The summed E-state index contributed by atoms with van der Waals surface area (Å²) in [6, 6.07) is 16.2. The van der Waals surface area contributed by atoms with Gasteiger partial charge in [0.2, 0.25) is 6.79 Å². The highest BCUT2D eigenvalue weighted by Crippen LogP contribution is 2.40. The van der Waals surface area contributed by atoms with Crippen LogP contribution < -0.4 is 19.7 Å². The summed E-state index contributed by atoms with van der Waals surface area (Å²) in [7, 11) is 0. The van der Waals surface area contributed by atoms with Crippen molar-refractivity contribution in [3.05, 3.63) is 87.6 Å². The van der Waals surface area contributed by atoms with Gasteiger partial charge in [0.15, 0.2) is 11.5 Å². The number of nitrogens with zero attached hydrogens (tertiary/aromatic N) is 1. The lowest BCUT2D eigenvalue weighted by atomic mass is 9.97. The van der Waals surface area contributed by atoms with Crippen molar-refractivity contribution >= 4 is 40.4 Å². The van der Waals surface area contributed by atoms with Crippen molar-refractivity contribution < 1.29 is 19.1 Å². The molecule has 2 aliphatic heterocycles. The summed E-state index contributed by atoms with van der Waals surface area (Å²) in [5.41, 5.74) is 5.05. The molecule has 0 radical (unpaired) electrons. The molecule has 5 rings (SSSR count). The second-order valence-electron chi connectivity index (χ2n) is 8.09. The summed E-state index contributed by atoms with van der Waals surface area (Å²) in [5.74, 6) is 0.211. The van der Waals surface area contributed by atoms with E-state index in [1.54, 1.807) is 30.3 Å². The summed E-state index contributed by atoms with van der Waals surface area (Å²) in [6.45, 7) is 5.88. The van der Waals surface area contributed by atoms with Gasteiger partial charge in [-0.1, -0.05) is 41.4 Å². The quantitative estimate of drug-likeness (QED) is 0.529. The van der Waals surface area contributed by atoms with Crippen LogP contribution in [0.4, 0.5) is 11.4 Å². The van der Waals surface area contributed by atoms with Gasteiger partial charge in [-0.05, 0) is 61.7 Å². The Morgan fingerprint density at radius 2 is 1.70 bits per heavy atom. The maximum Gasteiger partial charge on any atom is 0.282 e. The van der Waals surface area contributed by atoms with Crippen LogP contribution >= 0.6 is 11.6 Å². The molecule has 3 aromatic rings. The maximum absolute atomic E-state index is 13.7. The summed E-state index contributed by atoms with van der Waals surface area (Å²) in [6.07, 6.45) is 0. The topological polar surface area (TPSA) is 67.9 Å². The number of halogens is 1. The first-order chi connectivity index (χ1) is 15.8. The molecule has 166 valence electrons. The van der Waals surface area contributed by atoms with Crippen LogP contribution in [0.25, 0.3) is 5.57 Å². The number of fused-ring (bicyclic) bond motifs is 1. The van der Waals surface area contributed by atoms with Crippen molar-refractivity contribution in [1.29, 1.82) is 0 Å². The van der Waals surface area contributed by atoms with Gasteiger partial charge in [-0.15, -0.1) is 0 Å². The second-order valence-corrected chi connectivity index (χ2v) is 8.50. The summed E-state index contributed by atoms with van der Waals surface area (Å²) >= 11 is 6.29. The zero-order valence-corrected chi connectivity index (χ0v) is 19.1. The van der Waals surface area contributed by atoms with E-state index in [1.807, 2.05) is 45.0 Å². The molecule has 0 atom stereocenters. The van der Waals surface area contributed by atoms with Crippen LogP contribution in [-0.2, 0) is 9.59 Å². The summed E-state index contributed by atoms with van der Waals surface area (Å²) in [5, 5.41) is 3.77. The van der Waals surface area contributed by atoms with Crippen LogP contribution in [-0.4, -0.2) is 18.6 Å². The predicted molar refractivity (Wildman–Crippen MR) is 128 cm³/mol. The number of nitrogens with one attached hydrogen (secondary N) is 1. The van der Waals surface area contributed by atoms with Crippen LogP contribution in [0.2, 0.25) is 5.02 Å². The van der Waals surface area contributed by atoms with E-state index in [0.29, 0.717) is 39.0 Å². The Bertz CT molecular complexity index is 1360. The molecular formula is C26H21ClN2O4. The average molecular weight is 461 g/mol. The highest BCUT2D eigenvalue weighted by molar-refractivity contribution is 6.46. The number of aryl methyl sites for hydroxylation is 2. The minimum atomic E-state index is -0.451. The van der Waals surface area contributed by atoms with Crippen LogP contribution in [0, 0.1) is 20.8 Å². The fourth-order valence-electron chi connectivity index (χ4n) is 4.13. The highest BCUT2D eigenvalue weighted by Gasteiger charge is 2.41. The van der Waals surface area contributed by atoms with Gasteiger partial charge in [0, 0.05) is 16.8 Å². The third kappa shape index (κ3) is 3.52. The highest BCUT2D eigenvalue weighted by atomic mass is 35.5. The minimum Gasteiger partial charge on any atom is -0.454 e. The SMILES string of the molecule is Cc1ccc(C2=C(Nc3cccc(Cl)c3C)C(=O)N(c3ccc4c(c3)OCO4)C2=O)c(C)c1. The molecule has 0 fully saturated rings. The van der Waals surface area contributed by atoms with Gasteiger partial charge in [0.25, 0.3) is 11.8 Å². The van der Waals surface area contributed by atoms with E-state index in [0.717, 1.165) is 16.7 Å². The standard InChI is InChI=1S/C26H21ClN2O4/c1-14-7-9-18(15(2)11-14)23-24(28-20-6-4-5-19(27)16(20)3)26(31)29(25(23)30)17-8-10-21-22(12-17)33-13-32-21/h4-12,28H,13H2,1-3H3. The van der Waals surface area contributed by atoms with Gasteiger partial charge in [-0.25, -0.2) is 4.90 Å². The number of anilines is 2. The number of benzene rings is 3. The number of ether oxygens (including phenoxy) is 2. The molecule has 6 nitrogen and oxygen atoms in total. The van der Waals surface area contributed by atoms with Crippen LogP contribution in [0.3, 0.4) is 0 Å². The molecule has 2 aliphatic rings. The van der Waals surface area contributed by atoms with Gasteiger partial charge in [0.05, 0.1) is 11.3 Å². The van der Waals surface area contributed by atoms with Crippen LogP contribution in [0.15, 0.2) is 60.3 Å². The van der Waals surface area contributed by atoms with E-state index in [9.17, 15) is 9.59 Å². The predicted octanol–water partition coefficient (Wildman–Crippen LogP) is 5.39. The number of amides is 2. The number of hydrogen-bond acceptors (Lipinski definition) is 5. The molecule has 2 heterocycles. The van der Waals surface area contributed by atoms with Crippen LogP contribution in [0.1, 0.15) is 22.3 Å². The van der Waals surface area contributed by atoms with Gasteiger partial charge < -0.3 is 14.8 Å². The average Bonchev–Trinajstić information content (AvgIpc) is 3.34. The van der Waals surface area contributed by atoms with Crippen molar-refractivity contribution in [2.75, 3.05) is 17.0 Å². The number of carbonyl (C=O) groups is 2. The van der Waals surface area contributed by atoms with E-state index >= 15 is 0 Å². The van der Waals surface area contributed by atoms with Crippen molar-refractivity contribution in [3.63, 3.8) is 0 Å². The second kappa shape index (κ2) is 7.98. The number of hydrogen-bond donors (Lipinski definition) is 1. The third-order valence-electron chi connectivity index (χ3n) is 5.88. The maximum atomic E-state index is 13.7. The molecule has 0 spiro atoms. The van der Waals surface area contributed by atoms with Crippen molar-refractivity contribution in [2.45, 2.75) is 20.8 Å². The van der Waals surface area contributed by atoms with Gasteiger partial charge in [0.1, 0.15) is 5.70 Å². The number of carbonyl (C=O) groups excluding carboxylic acids is 2. The molecule has 0 bridgehead atoms. The Morgan fingerprint density at radius 3 is 2.48 bits per heavy atom. The van der Waals surface area contributed by atoms with Gasteiger partial charge in [-0.3, -0.25) is 9.59 Å². The lowest BCUT2D eigenvalue weighted by molar-refractivity contribution is -0.120. The molecule has 0 saturated heterocycles. The van der Waals surface area contributed by atoms with E-state index in [-0.39, 0.29) is 12.5 Å². The molecule has 0 unspecified atom stereocenters. The monoisotopic (exact) mass is 460 g/mol. The van der Waals surface area contributed by atoms with Gasteiger partial charge >= 0.3 is 0 Å². The Kier molecular flexibility index (Phi) is 5.10. The number of rotatable bonds is 4. The van der Waals surface area contributed by atoms with E-state index in [4.69, 9.17) is 21.1 Å². The molecule has 2 amide bonds. The molecule has 33 heavy (non-hydrogen) atoms. The Hall–Kier alpha value is -3.77.